The lowest BCUT2D eigenvalue weighted by Crippen LogP contribution is -2.52. The van der Waals surface area contributed by atoms with Gasteiger partial charge in [-0.25, -0.2) is 8.42 Å². The molecule has 1 atom stereocenters. The molecule has 3 aromatic carbocycles. The third-order valence-corrected chi connectivity index (χ3v) is 8.41. The van der Waals surface area contributed by atoms with Gasteiger partial charge in [0.05, 0.1) is 10.6 Å². The van der Waals surface area contributed by atoms with Crippen molar-refractivity contribution in [1.82, 2.24) is 10.2 Å². The second kappa shape index (κ2) is 13.9. The predicted octanol–water partition coefficient (Wildman–Crippen LogP) is 5.22. The molecular weight excluding hydrogens is 510 g/mol. The minimum Gasteiger partial charge on any atom is -0.354 e. The van der Waals surface area contributed by atoms with E-state index in [-0.39, 0.29) is 17.3 Å². The van der Waals surface area contributed by atoms with E-state index in [1.54, 1.807) is 30.3 Å². The highest BCUT2D eigenvalue weighted by Crippen LogP contribution is 2.25. The minimum absolute atomic E-state index is 0.0906. The van der Waals surface area contributed by atoms with Crippen molar-refractivity contribution in [1.29, 1.82) is 0 Å². The summed E-state index contributed by atoms with van der Waals surface area (Å²) in [6.07, 6.45) is 2.17. The number of nitrogens with one attached hydrogen (secondary N) is 1. The van der Waals surface area contributed by atoms with Crippen LogP contribution in [0.1, 0.15) is 49.8 Å². The summed E-state index contributed by atoms with van der Waals surface area (Å²) in [5, 5.41) is 2.95. The number of carbonyl (C=O) groups excluding carboxylic acids is 2. The molecule has 0 bridgehead atoms. The number of benzene rings is 3. The quantitative estimate of drug-likeness (QED) is 0.296. The Balaban J connectivity index is 2.01. The van der Waals surface area contributed by atoms with Crippen LogP contribution in [0, 0.1) is 13.8 Å². The van der Waals surface area contributed by atoms with E-state index >= 15 is 0 Å². The number of hydrogen-bond donors (Lipinski definition) is 1. The van der Waals surface area contributed by atoms with Crippen LogP contribution < -0.4 is 9.62 Å². The summed E-state index contributed by atoms with van der Waals surface area (Å²) in [7, 11) is -4.06. The average Bonchev–Trinajstić information content (AvgIpc) is 2.93. The lowest BCUT2D eigenvalue weighted by molar-refractivity contribution is -0.140. The predicted molar refractivity (Wildman–Crippen MR) is 156 cm³/mol. The van der Waals surface area contributed by atoms with Crippen molar-refractivity contribution >= 4 is 27.5 Å². The molecule has 0 unspecified atom stereocenters. The molecule has 208 valence electrons. The molecule has 8 heteroatoms. The van der Waals surface area contributed by atoms with Gasteiger partial charge in [0, 0.05) is 13.1 Å². The molecule has 0 aliphatic carbocycles. The Morgan fingerprint density at radius 2 is 1.44 bits per heavy atom. The number of nitrogens with zero attached hydrogens (tertiary/aromatic N) is 2. The van der Waals surface area contributed by atoms with Crippen LogP contribution in [0.4, 0.5) is 5.69 Å². The van der Waals surface area contributed by atoms with Gasteiger partial charge < -0.3 is 10.2 Å². The highest BCUT2D eigenvalue weighted by atomic mass is 32.2. The van der Waals surface area contributed by atoms with Gasteiger partial charge in [0.25, 0.3) is 10.0 Å². The first-order valence-electron chi connectivity index (χ1n) is 13.4. The Morgan fingerprint density at radius 1 is 0.846 bits per heavy atom. The van der Waals surface area contributed by atoms with Gasteiger partial charge in [-0.15, -0.1) is 0 Å². The van der Waals surface area contributed by atoms with E-state index in [2.05, 4.69) is 5.32 Å². The molecule has 0 aliphatic rings. The van der Waals surface area contributed by atoms with Crippen LogP contribution in [0.25, 0.3) is 0 Å². The molecule has 2 amide bonds. The fourth-order valence-corrected chi connectivity index (χ4v) is 5.71. The molecule has 0 saturated carbocycles. The van der Waals surface area contributed by atoms with Gasteiger partial charge in [-0.1, -0.05) is 86.0 Å². The van der Waals surface area contributed by atoms with Crippen LogP contribution in [0.15, 0.2) is 83.8 Å². The van der Waals surface area contributed by atoms with Crippen molar-refractivity contribution in [3.8, 4) is 0 Å². The van der Waals surface area contributed by atoms with Crippen LogP contribution in [-0.4, -0.2) is 44.3 Å². The summed E-state index contributed by atoms with van der Waals surface area (Å²) in [4.78, 5) is 28.8. The zero-order chi connectivity index (χ0) is 28.4. The average molecular weight is 550 g/mol. The summed E-state index contributed by atoms with van der Waals surface area (Å²) in [5.74, 6) is -0.688. The fourth-order valence-electron chi connectivity index (χ4n) is 4.28. The van der Waals surface area contributed by atoms with Crippen LogP contribution in [0.3, 0.4) is 0 Å². The Labute approximate surface area is 232 Å². The Bertz CT molecular complexity index is 1320. The Morgan fingerprint density at radius 3 is 2.00 bits per heavy atom. The first-order chi connectivity index (χ1) is 18.7. The van der Waals surface area contributed by atoms with Gasteiger partial charge in [0.1, 0.15) is 12.6 Å². The van der Waals surface area contributed by atoms with Crippen molar-refractivity contribution in [2.75, 3.05) is 17.4 Å². The standard InChI is InChI=1S/C31H39N3O4S/c1-5-7-21-32-31(36)29(6-2)33(22-26-17-13-24(3)14-18-26)30(35)23-34(27-19-15-25(4)16-20-27)39(37,38)28-11-9-8-10-12-28/h8-20,29H,5-7,21-23H2,1-4H3,(H,32,36)/t29-/m1/s1. The van der Waals surface area contributed by atoms with Crippen molar-refractivity contribution in [2.45, 2.75) is 64.4 Å². The topological polar surface area (TPSA) is 86.8 Å². The van der Waals surface area contributed by atoms with Gasteiger partial charge in [0.2, 0.25) is 11.8 Å². The van der Waals surface area contributed by atoms with Crippen molar-refractivity contribution in [3.63, 3.8) is 0 Å². The molecule has 0 spiro atoms. The van der Waals surface area contributed by atoms with Gasteiger partial charge in [0.15, 0.2) is 0 Å². The molecule has 0 heterocycles. The fraction of sp³-hybridized carbons (Fsp3) is 0.355. The molecule has 0 aliphatic heterocycles. The largest absolute Gasteiger partial charge is 0.354 e. The number of sulfonamides is 1. The molecule has 39 heavy (non-hydrogen) atoms. The Hall–Kier alpha value is -3.65. The molecule has 3 rings (SSSR count). The van der Waals surface area contributed by atoms with E-state index < -0.39 is 28.5 Å². The number of rotatable bonds is 13. The summed E-state index contributed by atoms with van der Waals surface area (Å²) in [6.45, 7) is 8.07. The van der Waals surface area contributed by atoms with E-state index in [0.717, 1.165) is 33.8 Å². The van der Waals surface area contributed by atoms with Crippen molar-refractivity contribution < 1.29 is 18.0 Å². The van der Waals surface area contributed by atoms with E-state index in [1.165, 1.54) is 17.0 Å². The second-order valence-corrected chi connectivity index (χ2v) is 11.6. The monoisotopic (exact) mass is 549 g/mol. The summed E-state index contributed by atoms with van der Waals surface area (Å²) >= 11 is 0. The number of anilines is 1. The van der Waals surface area contributed by atoms with Gasteiger partial charge in [-0.2, -0.15) is 0 Å². The summed E-state index contributed by atoms with van der Waals surface area (Å²) in [5.41, 5.74) is 3.30. The Kier molecular flexibility index (Phi) is 10.7. The molecule has 7 nitrogen and oxygen atoms in total. The first kappa shape index (κ1) is 29.9. The first-order valence-corrected chi connectivity index (χ1v) is 14.9. The molecule has 0 saturated heterocycles. The lowest BCUT2D eigenvalue weighted by atomic mass is 10.1. The number of carbonyl (C=O) groups is 2. The smallest absolute Gasteiger partial charge is 0.264 e. The zero-order valence-corrected chi connectivity index (χ0v) is 24.1. The maximum Gasteiger partial charge on any atom is 0.264 e. The molecule has 0 fully saturated rings. The van der Waals surface area contributed by atoms with Gasteiger partial charge in [-0.3, -0.25) is 13.9 Å². The third kappa shape index (κ3) is 7.93. The van der Waals surface area contributed by atoms with Gasteiger partial charge in [-0.05, 0) is 56.5 Å². The molecular formula is C31H39N3O4S. The van der Waals surface area contributed by atoms with Crippen molar-refractivity contribution in [3.05, 3.63) is 95.6 Å². The van der Waals surface area contributed by atoms with Crippen LogP contribution in [-0.2, 0) is 26.2 Å². The molecule has 1 N–H and O–H groups in total. The number of amides is 2. The normalized spacial score (nSPS) is 12.0. The second-order valence-electron chi connectivity index (χ2n) is 9.74. The van der Waals surface area contributed by atoms with E-state index in [4.69, 9.17) is 0 Å². The molecule has 0 aromatic heterocycles. The highest BCUT2D eigenvalue weighted by molar-refractivity contribution is 7.92. The number of hydrogen-bond acceptors (Lipinski definition) is 4. The minimum atomic E-state index is -4.06. The lowest BCUT2D eigenvalue weighted by Gasteiger charge is -2.33. The zero-order valence-electron chi connectivity index (χ0n) is 23.3. The summed E-state index contributed by atoms with van der Waals surface area (Å²) in [6, 6.07) is 22.1. The third-order valence-electron chi connectivity index (χ3n) is 6.62. The highest BCUT2D eigenvalue weighted by Gasteiger charge is 2.33. The van der Waals surface area contributed by atoms with E-state index in [1.807, 2.05) is 64.1 Å². The SMILES string of the molecule is CCCCNC(=O)[C@@H](CC)N(Cc1ccc(C)cc1)C(=O)CN(c1ccc(C)cc1)S(=O)(=O)c1ccccc1. The van der Waals surface area contributed by atoms with Crippen molar-refractivity contribution in [2.24, 2.45) is 0 Å². The molecule has 0 radical (unpaired) electrons. The van der Waals surface area contributed by atoms with Gasteiger partial charge >= 0.3 is 0 Å². The number of unbranched alkanes of at least 4 members (excludes halogenated alkanes) is 1. The van der Waals surface area contributed by atoms with Crippen LogP contribution in [0.5, 0.6) is 0 Å². The molecule has 3 aromatic rings. The maximum absolute atomic E-state index is 14.0. The van der Waals surface area contributed by atoms with E-state index in [0.29, 0.717) is 18.7 Å². The maximum atomic E-state index is 14.0. The number of aryl methyl sites for hydroxylation is 2. The van der Waals surface area contributed by atoms with Crippen LogP contribution in [0.2, 0.25) is 0 Å². The van der Waals surface area contributed by atoms with Crippen LogP contribution >= 0.6 is 0 Å². The van der Waals surface area contributed by atoms with E-state index in [9.17, 15) is 18.0 Å². The summed E-state index contributed by atoms with van der Waals surface area (Å²) < 4.78 is 28.7.